The maximum Gasteiger partial charge on any atom is 0.490 e. The van der Waals surface area contributed by atoms with Gasteiger partial charge in [-0.1, -0.05) is 0 Å². The number of hydrogen-bond acceptors (Lipinski definition) is 9. The molecule has 4 saturated carbocycles. The van der Waals surface area contributed by atoms with E-state index in [1.807, 2.05) is 13.0 Å². The molecule has 4 aliphatic carbocycles. The van der Waals surface area contributed by atoms with Crippen molar-refractivity contribution in [3.63, 3.8) is 0 Å². The van der Waals surface area contributed by atoms with Crippen LogP contribution in [0, 0.1) is 24.7 Å². The van der Waals surface area contributed by atoms with Gasteiger partial charge in [0, 0.05) is 42.2 Å². The number of nitrogens with one attached hydrogen (secondary N) is 3. The Morgan fingerprint density at radius 2 is 2.08 bits per heavy atom. The summed E-state index contributed by atoms with van der Waals surface area (Å²) in [6.07, 6.45) is 0.408. The van der Waals surface area contributed by atoms with Gasteiger partial charge in [0.25, 0.3) is 0 Å². The van der Waals surface area contributed by atoms with E-state index in [0.717, 1.165) is 12.1 Å². The zero-order valence-corrected chi connectivity index (χ0v) is 19.7. The van der Waals surface area contributed by atoms with Crippen molar-refractivity contribution in [2.75, 3.05) is 10.6 Å². The monoisotopic (exact) mass is 518 g/mol. The highest BCUT2D eigenvalue weighted by atomic mass is 19.4. The summed E-state index contributed by atoms with van der Waals surface area (Å²) in [5.41, 5.74) is -0.615. The van der Waals surface area contributed by atoms with Crippen molar-refractivity contribution < 1.29 is 27.8 Å². The number of carbonyl (C=O) groups excluding carboxylic acids is 1. The van der Waals surface area contributed by atoms with Gasteiger partial charge in [0.2, 0.25) is 5.95 Å². The average Bonchev–Trinajstić information content (AvgIpc) is 3.49. The molecule has 4 aliphatic rings. The van der Waals surface area contributed by atoms with Crippen LogP contribution in [0.15, 0.2) is 30.9 Å². The van der Waals surface area contributed by atoms with Crippen LogP contribution in [0.1, 0.15) is 31.4 Å². The summed E-state index contributed by atoms with van der Waals surface area (Å²) in [6.45, 7) is 1.87. The van der Waals surface area contributed by atoms with Crippen LogP contribution < -0.4 is 10.6 Å². The number of halogens is 3. The Kier molecular flexibility index (Phi) is 5.40. The topological polar surface area (TPSA) is 143 Å². The van der Waals surface area contributed by atoms with Gasteiger partial charge in [-0.15, -0.1) is 0 Å². The highest BCUT2D eigenvalue weighted by Gasteiger charge is 2.63. The minimum atomic E-state index is -5.14. The molecule has 0 saturated heterocycles. The number of anilines is 3. The molecule has 0 spiro atoms. The van der Waals surface area contributed by atoms with E-state index < -0.39 is 29.8 Å². The first-order chi connectivity index (χ1) is 17.6. The van der Waals surface area contributed by atoms with Gasteiger partial charge in [0.15, 0.2) is 5.82 Å². The summed E-state index contributed by atoms with van der Waals surface area (Å²) in [5, 5.41) is 24.7. The number of imidazole rings is 1. The number of aromatic nitrogens is 6. The molecule has 0 amide bonds. The van der Waals surface area contributed by atoms with Gasteiger partial charge in [-0.05, 0) is 44.4 Å². The average molecular weight is 519 g/mol. The largest absolute Gasteiger partial charge is 0.490 e. The number of hydrogen-bond donors (Lipinski definition) is 4. The van der Waals surface area contributed by atoms with Gasteiger partial charge in [-0.3, -0.25) is 9.67 Å². The molecule has 0 aromatic carbocycles. The Bertz CT molecular complexity index is 1310. The molecule has 37 heavy (non-hydrogen) atoms. The summed E-state index contributed by atoms with van der Waals surface area (Å²) in [5.74, 6) is -0.937. The van der Waals surface area contributed by atoms with Crippen molar-refractivity contribution in [2.45, 2.75) is 56.5 Å². The quantitative estimate of drug-likeness (QED) is 0.362. The standard InChI is InChI=1S/C23H25F3N8O3/c1-11-4-16(33-32-11)28-15-7-17(34-3-2-27-10-34)30-21(29-15)31-18-13-5-12-6-14(18)19(22(36,8-12)9-13)37-20(35)23(24,25)26/h2-4,7,10,12-14,18-19,36H,5-6,8-9H2,1H3,(H3,28,29,30,31,32,33). The number of rotatable bonds is 6. The molecule has 4 bridgehead atoms. The lowest BCUT2D eigenvalue weighted by Gasteiger charge is -2.61. The van der Waals surface area contributed by atoms with Crippen LogP contribution in [0.25, 0.3) is 5.82 Å². The number of carbonyl (C=O) groups is 1. The second kappa shape index (κ2) is 8.43. The van der Waals surface area contributed by atoms with Crippen LogP contribution in [-0.2, 0) is 9.53 Å². The first kappa shape index (κ1) is 23.7. The third-order valence-electron chi connectivity index (χ3n) is 7.59. The number of nitrogens with zero attached hydrogens (tertiary/aromatic N) is 5. The van der Waals surface area contributed by atoms with Crippen LogP contribution in [0.4, 0.5) is 30.8 Å². The number of alkyl halides is 3. The molecular weight excluding hydrogens is 493 g/mol. The van der Waals surface area contributed by atoms with Crippen molar-refractivity contribution in [1.29, 1.82) is 0 Å². The van der Waals surface area contributed by atoms with Gasteiger partial charge in [-0.2, -0.15) is 28.2 Å². The SMILES string of the molecule is Cc1cc(Nc2cc(-n3ccnc3)nc(NC3C4CC5CC3C(OC(=O)C(F)(F)F)C(O)(C5)C4)n2)n[nH]1. The van der Waals surface area contributed by atoms with Crippen LogP contribution in [0.3, 0.4) is 0 Å². The second-order valence-corrected chi connectivity index (χ2v) is 10.2. The minimum Gasteiger partial charge on any atom is -0.452 e. The Hall–Kier alpha value is -3.68. The van der Waals surface area contributed by atoms with E-state index >= 15 is 0 Å². The fourth-order valence-electron chi connectivity index (χ4n) is 6.37. The Balaban J connectivity index is 1.31. The van der Waals surface area contributed by atoms with Crippen molar-refractivity contribution in [3.8, 4) is 5.82 Å². The van der Waals surface area contributed by atoms with Gasteiger partial charge in [-0.25, -0.2) is 9.78 Å². The lowest BCUT2D eigenvalue weighted by Crippen LogP contribution is -2.68. The number of aromatic amines is 1. The zero-order chi connectivity index (χ0) is 25.9. The summed E-state index contributed by atoms with van der Waals surface area (Å²) < 4.78 is 45.7. The summed E-state index contributed by atoms with van der Waals surface area (Å²) in [6, 6.07) is 3.13. The van der Waals surface area contributed by atoms with Gasteiger partial charge < -0.3 is 20.5 Å². The van der Waals surface area contributed by atoms with Gasteiger partial charge in [0.05, 0.1) is 0 Å². The van der Waals surface area contributed by atoms with E-state index in [-0.39, 0.29) is 30.2 Å². The molecule has 3 heterocycles. The first-order valence-corrected chi connectivity index (χ1v) is 12.0. The Labute approximate surface area is 208 Å². The molecule has 0 radical (unpaired) electrons. The van der Waals surface area contributed by atoms with Crippen LogP contribution >= 0.6 is 0 Å². The molecule has 14 heteroatoms. The maximum atomic E-state index is 13.0. The van der Waals surface area contributed by atoms with Gasteiger partial charge in [0.1, 0.15) is 29.7 Å². The van der Waals surface area contributed by atoms with Gasteiger partial charge >= 0.3 is 12.1 Å². The number of esters is 1. The summed E-state index contributed by atoms with van der Waals surface area (Å²) >= 11 is 0. The highest BCUT2D eigenvalue weighted by Crippen LogP contribution is 2.57. The van der Waals surface area contributed by atoms with E-state index in [2.05, 4.69) is 35.8 Å². The smallest absolute Gasteiger partial charge is 0.452 e. The zero-order valence-electron chi connectivity index (χ0n) is 19.7. The molecule has 6 unspecified atom stereocenters. The molecular formula is C23H25F3N8O3. The normalized spacial score (nSPS) is 30.4. The third kappa shape index (κ3) is 4.38. The van der Waals surface area contributed by atoms with Crippen LogP contribution in [-0.4, -0.2) is 64.7 Å². The maximum absolute atomic E-state index is 13.0. The van der Waals surface area contributed by atoms with E-state index in [9.17, 15) is 23.1 Å². The summed E-state index contributed by atoms with van der Waals surface area (Å²) in [7, 11) is 0. The predicted molar refractivity (Wildman–Crippen MR) is 123 cm³/mol. The number of aryl methyl sites for hydroxylation is 1. The van der Waals surface area contributed by atoms with Crippen molar-refractivity contribution in [3.05, 3.63) is 36.5 Å². The molecule has 11 nitrogen and oxygen atoms in total. The highest BCUT2D eigenvalue weighted by molar-refractivity contribution is 5.76. The second-order valence-electron chi connectivity index (χ2n) is 10.2. The fourth-order valence-corrected chi connectivity index (χ4v) is 6.37. The van der Waals surface area contributed by atoms with E-state index in [1.165, 1.54) is 0 Å². The molecule has 6 atom stereocenters. The minimum absolute atomic E-state index is 0.0331. The molecule has 196 valence electrons. The number of aliphatic hydroxyl groups is 1. The lowest BCUT2D eigenvalue weighted by atomic mass is 9.51. The van der Waals surface area contributed by atoms with Crippen LogP contribution in [0.5, 0.6) is 0 Å². The van der Waals surface area contributed by atoms with Crippen molar-refractivity contribution in [2.24, 2.45) is 17.8 Å². The lowest BCUT2D eigenvalue weighted by molar-refractivity contribution is -0.249. The van der Waals surface area contributed by atoms with E-state index in [4.69, 9.17) is 4.74 Å². The summed E-state index contributed by atoms with van der Waals surface area (Å²) in [4.78, 5) is 25.0. The number of ether oxygens (including phenoxy) is 1. The first-order valence-electron chi connectivity index (χ1n) is 12.0. The fraction of sp³-hybridized carbons (Fsp3) is 0.522. The molecule has 3 aromatic heterocycles. The Morgan fingerprint density at radius 1 is 1.24 bits per heavy atom. The Morgan fingerprint density at radius 3 is 2.78 bits per heavy atom. The van der Waals surface area contributed by atoms with Crippen molar-refractivity contribution in [1.82, 2.24) is 29.7 Å². The molecule has 4 N–H and O–H groups in total. The molecule has 0 aliphatic heterocycles. The van der Waals surface area contributed by atoms with E-state index in [0.29, 0.717) is 30.3 Å². The van der Waals surface area contributed by atoms with Crippen LogP contribution in [0.2, 0.25) is 0 Å². The predicted octanol–water partition coefficient (Wildman–Crippen LogP) is 2.87. The third-order valence-corrected chi connectivity index (χ3v) is 7.59. The van der Waals surface area contributed by atoms with E-state index in [1.54, 1.807) is 29.4 Å². The molecule has 4 fully saturated rings. The number of H-pyrrole nitrogens is 1. The van der Waals surface area contributed by atoms with Crippen molar-refractivity contribution >= 4 is 23.6 Å². The molecule has 7 rings (SSSR count). The molecule has 3 aromatic rings.